The van der Waals surface area contributed by atoms with Crippen LogP contribution in [0.25, 0.3) is 0 Å². The number of rotatable bonds is 2. The molecule has 104 valence electrons. The molecule has 0 N–H and O–H groups in total. The number of nitro benzene ring substituents is 1. The molecule has 2 fully saturated rings. The Kier molecular flexibility index (Phi) is 3.00. The van der Waals surface area contributed by atoms with Crippen molar-refractivity contribution >= 4 is 23.2 Å². The summed E-state index contributed by atoms with van der Waals surface area (Å²) in [6.07, 6.45) is 3.49. The fourth-order valence-corrected chi connectivity index (χ4v) is 3.14. The van der Waals surface area contributed by atoms with E-state index in [2.05, 4.69) is 0 Å². The van der Waals surface area contributed by atoms with Crippen LogP contribution in [0.5, 0.6) is 0 Å². The molecule has 0 radical (unpaired) electrons. The third-order valence-corrected chi connectivity index (χ3v) is 4.16. The van der Waals surface area contributed by atoms with Crippen LogP contribution >= 0.6 is 0 Å². The van der Waals surface area contributed by atoms with Crippen molar-refractivity contribution < 1.29 is 14.5 Å². The number of anilines is 1. The zero-order valence-corrected chi connectivity index (χ0v) is 10.8. The maximum atomic E-state index is 12.3. The molecule has 20 heavy (non-hydrogen) atoms. The molecule has 1 heterocycles. The van der Waals surface area contributed by atoms with Crippen LogP contribution in [0.15, 0.2) is 24.3 Å². The van der Waals surface area contributed by atoms with E-state index in [0.29, 0.717) is 5.69 Å². The van der Waals surface area contributed by atoms with Gasteiger partial charge in [0.25, 0.3) is 5.69 Å². The van der Waals surface area contributed by atoms with Crippen molar-refractivity contribution in [3.05, 3.63) is 34.4 Å². The van der Waals surface area contributed by atoms with Gasteiger partial charge in [-0.05, 0) is 25.0 Å². The molecule has 1 aliphatic carbocycles. The summed E-state index contributed by atoms with van der Waals surface area (Å²) in [4.78, 5) is 36.0. The number of imide groups is 1. The molecule has 6 heteroatoms. The van der Waals surface area contributed by atoms with E-state index in [1.54, 1.807) is 0 Å². The monoisotopic (exact) mass is 274 g/mol. The first-order valence-corrected chi connectivity index (χ1v) is 6.72. The Morgan fingerprint density at radius 2 is 1.50 bits per heavy atom. The summed E-state index contributed by atoms with van der Waals surface area (Å²) in [6, 6.07) is 5.56. The van der Waals surface area contributed by atoms with Crippen LogP contribution in [0.1, 0.15) is 25.7 Å². The van der Waals surface area contributed by atoms with Gasteiger partial charge in [-0.1, -0.05) is 12.8 Å². The van der Waals surface area contributed by atoms with Crippen molar-refractivity contribution in [1.82, 2.24) is 0 Å². The van der Waals surface area contributed by atoms with Crippen LogP contribution in [0.2, 0.25) is 0 Å². The molecular weight excluding hydrogens is 260 g/mol. The molecule has 2 aliphatic rings. The van der Waals surface area contributed by atoms with Gasteiger partial charge in [-0.15, -0.1) is 0 Å². The maximum absolute atomic E-state index is 12.3. The molecule has 0 aromatic heterocycles. The highest BCUT2D eigenvalue weighted by atomic mass is 16.6. The van der Waals surface area contributed by atoms with Crippen LogP contribution in [-0.4, -0.2) is 16.7 Å². The second-order valence-electron chi connectivity index (χ2n) is 5.28. The lowest BCUT2D eigenvalue weighted by Crippen LogP contribution is -2.30. The highest BCUT2D eigenvalue weighted by molar-refractivity contribution is 6.22. The molecule has 1 saturated carbocycles. The summed E-state index contributed by atoms with van der Waals surface area (Å²) in [6.45, 7) is 0. The quantitative estimate of drug-likeness (QED) is 0.470. The zero-order chi connectivity index (χ0) is 14.3. The second kappa shape index (κ2) is 4.70. The number of carbonyl (C=O) groups is 2. The molecule has 1 saturated heterocycles. The zero-order valence-electron chi connectivity index (χ0n) is 10.8. The fraction of sp³-hybridized carbons (Fsp3) is 0.429. The molecule has 1 aliphatic heterocycles. The van der Waals surface area contributed by atoms with E-state index in [1.807, 2.05) is 0 Å². The number of fused-ring (bicyclic) bond motifs is 1. The predicted molar refractivity (Wildman–Crippen MR) is 71.0 cm³/mol. The summed E-state index contributed by atoms with van der Waals surface area (Å²) < 4.78 is 0. The average Bonchev–Trinajstić information content (AvgIpc) is 2.72. The standard InChI is InChI=1S/C14H14N2O4/c17-13-11-3-1-2-4-12(11)14(18)15(13)9-5-7-10(8-6-9)16(19)20/h5-8,11-12H,1-4H2/t11-,12-/m1/s1. The first-order valence-electron chi connectivity index (χ1n) is 6.72. The normalized spacial score (nSPS) is 25.7. The largest absolute Gasteiger partial charge is 0.274 e. The van der Waals surface area contributed by atoms with Gasteiger partial charge in [0.15, 0.2) is 0 Å². The van der Waals surface area contributed by atoms with Crippen LogP contribution in [0.4, 0.5) is 11.4 Å². The fourth-order valence-electron chi connectivity index (χ4n) is 3.14. The van der Waals surface area contributed by atoms with Crippen LogP contribution in [-0.2, 0) is 9.59 Å². The van der Waals surface area contributed by atoms with Crippen molar-refractivity contribution in [2.45, 2.75) is 25.7 Å². The number of hydrogen-bond acceptors (Lipinski definition) is 4. The number of non-ortho nitro benzene ring substituents is 1. The Labute approximate surface area is 115 Å². The SMILES string of the molecule is O=C1[C@@H]2CCCC[C@H]2C(=O)N1c1ccc([N+](=O)[O-])cc1. The van der Waals surface area contributed by atoms with Gasteiger partial charge in [-0.2, -0.15) is 0 Å². The van der Waals surface area contributed by atoms with Gasteiger partial charge in [0, 0.05) is 12.1 Å². The van der Waals surface area contributed by atoms with Crippen molar-refractivity contribution in [2.24, 2.45) is 11.8 Å². The molecule has 6 nitrogen and oxygen atoms in total. The van der Waals surface area contributed by atoms with E-state index in [-0.39, 0.29) is 29.3 Å². The molecule has 1 aromatic carbocycles. The average molecular weight is 274 g/mol. The van der Waals surface area contributed by atoms with E-state index in [1.165, 1.54) is 29.2 Å². The Morgan fingerprint density at radius 3 is 1.95 bits per heavy atom. The van der Waals surface area contributed by atoms with Crippen LogP contribution in [0.3, 0.4) is 0 Å². The molecule has 0 spiro atoms. The summed E-state index contributed by atoms with van der Waals surface area (Å²) in [5.41, 5.74) is 0.380. The number of benzene rings is 1. The Balaban J connectivity index is 1.91. The summed E-state index contributed by atoms with van der Waals surface area (Å²) in [7, 11) is 0. The molecule has 2 amide bonds. The molecule has 0 bridgehead atoms. The number of nitrogens with zero attached hydrogens (tertiary/aromatic N) is 2. The summed E-state index contributed by atoms with van der Waals surface area (Å²) >= 11 is 0. The summed E-state index contributed by atoms with van der Waals surface area (Å²) in [5.74, 6) is -0.722. The summed E-state index contributed by atoms with van der Waals surface area (Å²) in [5, 5.41) is 10.6. The third kappa shape index (κ3) is 1.88. The Hall–Kier alpha value is -2.24. The highest BCUT2D eigenvalue weighted by Gasteiger charge is 2.48. The van der Waals surface area contributed by atoms with E-state index < -0.39 is 4.92 Å². The molecular formula is C14H14N2O4. The van der Waals surface area contributed by atoms with Gasteiger partial charge in [-0.25, -0.2) is 0 Å². The Bertz CT molecular complexity index is 557. The van der Waals surface area contributed by atoms with E-state index in [0.717, 1.165) is 25.7 Å². The minimum absolute atomic E-state index is 0.0507. The first kappa shape index (κ1) is 12.8. The van der Waals surface area contributed by atoms with Crippen molar-refractivity contribution in [3.63, 3.8) is 0 Å². The van der Waals surface area contributed by atoms with Crippen LogP contribution in [0, 0.1) is 22.0 Å². The highest BCUT2D eigenvalue weighted by Crippen LogP contribution is 2.40. The number of nitro groups is 1. The molecule has 0 unspecified atom stereocenters. The number of hydrogen-bond donors (Lipinski definition) is 0. The van der Waals surface area contributed by atoms with Crippen LogP contribution < -0.4 is 4.90 Å². The first-order chi connectivity index (χ1) is 9.59. The van der Waals surface area contributed by atoms with Crippen molar-refractivity contribution in [3.8, 4) is 0 Å². The number of amides is 2. The second-order valence-corrected chi connectivity index (χ2v) is 5.28. The van der Waals surface area contributed by atoms with Gasteiger partial charge in [-0.3, -0.25) is 24.6 Å². The predicted octanol–water partition coefficient (Wildman–Crippen LogP) is 2.27. The third-order valence-electron chi connectivity index (χ3n) is 4.16. The van der Waals surface area contributed by atoms with Gasteiger partial charge < -0.3 is 0 Å². The van der Waals surface area contributed by atoms with Gasteiger partial charge in [0.1, 0.15) is 0 Å². The van der Waals surface area contributed by atoms with Gasteiger partial charge in [0.2, 0.25) is 11.8 Å². The van der Waals surface area contributed by atoms with Gasteiger partial charge >= 0.3 is 0 Å². The van der Waals surface area contributed by atoms with Crippen molar-refractivity contribution in [1.29, 1.82) is 0 Å². The molecule has 2 atom stereocenters. The smallest absolute Gasteiger partial charge is 0.269 e. The topological polar surface area (TPSA) is 80.5 Å². The lowest BCUT2D eigenvalue weighted by Gasteiger charge is -2.19. The van der Waals surface area contributed by atoms with E-state index >= 15 is 0 Å². The van der Waals surface area contributed by atoms with E-state index in [9.17, 15) is 19.7 Å². The Morgan fingerprint density at radius 1 is 1.00 bits per heavy atom. The van der Waals surface area contributed by atoms with Gasteiger partial charge in [0.05, 0.1) is 22.4 Å². The minimum Gasteiger partial charge on any atom is -0.274 e. The maximum Gasteiger partial charge on any atom is 0.269 e. The lowest BCUT2D eigenvalue weighted by atomic mass is 9.81. The minimum atomic E-state index is -0.503. The number of carbonyl (C=O) groups excluding carboxylic acids is 2. The van der Waals surface area contributed by atoms with Crippen molar-refractivity contribution in [2.75, 3.05) is 4.90 Å². The molecule has 1 aromatic rings. The molecule has 3 rings (SSSR count). The lowest BCUT2D eigenvalue weighted by molar-refractivity contribution is -0.384. The van der Waals surface area contributed by atoms with E-state index in [4.69, 9.17) is 0 Å².